The van der Waals surface area contributed by atoms with Crippen molar-refractivity contribution in [1.29, 1.82) is 0 Å². The average Bonchev–Trinajstić information content (AvgIpc) is 2.40. The molecule has 4 nitrogen and oxygen atoms in total. The van der Waals surface area contributed by atoms with Gasteiger partial charge in [0, 0.05) is 24.1 Å². The maximum absolute atomic E-state index is 13.1. The highest BCUT2D eigenvalue weighted by Gasteiger charge is 2.08. The number of aromatic nitrogens is 2. The van der Waals surface area contributed by atoms with Gasteiger partial charge in [-0.05, 0) is 18.2 Å². The van der Waals surface area contributed by atoms with E-state index in [0.717, 1.165) is 10.9 Å². The van der Waals surface area contributed by atoms with Gasteiger partial charge in [-0.15, -0.1) is 0 Å². The molecule has 0 amide bonds. The Bertz CT molecular complexity index is 661. The normalized spacial score (nSPS) is 15.0. The first-order valence-corrected chi connectivity index (χ1v) is 6.54. The van der Waals surface area contributed by atoms with Crippen molar-refractivity contribution >= 4 is 26.1 Å². The Morgan fingerprint density at radius 3 is 2.88 bits per heavy atom. The van der Waals surface area contributed by atoms with Crippen LogP contribution in [0.2, 0.25) is 0 Å². The van der Waals surface area contributed by atoms with E-state index in [0.29, 0.717) is 11.1 Å². The summed E-state index contributed by atoms with van der Waals surface area (Å²) in [4.78, 5) is 0. The van der Waals surface area contributed by atoms with Crippen molar-refractivity contribution in [3.05, 3.63) is 29.7 Å². The van der Waals surface area contributed by atoms with Crippen LogP contribution < -0.4 is 0 Å². The molecule has 1 heterocycles. The van der Waals surface area contributed by atoms with Gasteiger partial charge in [0.1, 0.15) is 11.5 Å². The van der Waals surface area contributed by atoms with Crippen molar-refractivity contribution in [3.8, 4) is 0 Å². The van der Waals surface area contributed by atoms with E-state index in [2.05, 4.69) is 5.10 Å². The fraction of sp³-hybridized carbons (Fsp3) is 0.200. The maximum Gasteiger partial charge on any atom is 0.124 e. The van der Waals surface area contributed by atoms with E-state index in [4.69, 9.17) is 0 Å². The monoisotopic (exact) mass is 242 g/mol. The van der Waals surface area contributed by atoms with Crippen LogP contribution in [0.4, 0.5) is 4.39 Å². The molecule has 0 fully saturated rings. The molecule has 0 aliphatic carbocycles. The molecule has 86 valence electrons. The highest BCUT2D eigenvalue weighted by Crippen LogP contribution is 2.18. The van der Waals surface area contributed by atoms with Crippen LogP contribution in [0, 0.1) is 5.82 Å². The zero-order valence-electron chi connectivity index (χ0n) is 8.85. The van der Waals surface area contributed by atoms with Crippen molar-refractivity contribution in [2.45, 2.75) is 0 Å². The van der Waals surface area contributed by atoms with E-state index in [1.807, 2.05) is 0 Å². The number of rotatable bonds is 1. The molecular weight excluding hydrogens is 231 g/mol. The molecule has 1 atom stereocenters. The largest absolute Gasteiger partial charge is 0.313 e. The van der Waals surface area contributed by atoms with Gasteiger partial charge >= 0.3 is 0 Å². The lowest BCUT2D eigenvalue weighted by atomic mass is 10.2. The molecule has 1 N–H and O–H groups in total. The quantitative estimate of drug-likeness (QED) is 0.766. The molecule has 2 rings (SSSR count). The summed E-state index contributed by atoms with van der Waals surface area (Å²) in [6.07, 6.45) is 1.19. The van der Waals surface area contributed by atoms with Gasteiger partial charge in [-0.2, -0.15) is 5.10 Å². The Kier molecular flexibility index (Phi) is 2.47. The zero-order chi connectivity index (χ0) is 11.9. The van der Waals surface area contributed by atoms with E-state index >= 15 is 0 Å². The number of hydrogen-bond donors (Lipinski definition) is 1. The van der Waals surface area contributed by atoms with Gasteiger partial charge in [0.2, 0.25) is 0 Å². The predicted octanol–water partition coefficient (Wildman–Crippen LogP) is 1.25. The number of halogens is 1. The molecule has 0 radical (unpaired) electrons. The third-order valence-corrected chi connectivity index (χ3v) is 2.83. The van der Waals surface area contributed by atoms with Gasteiger partial charge in [0.05, 0.1) is 15.3 Å². The third-order valence-electron chi connectivity index (χ3n) is 2.17. The molecule has 6 heteroatoms. The molecule has 1 unspecified atom stereocenters. The second-order valence-electron chi connectivity index (χ2n) is 3.65. The van der Waals surface area contributed by atoms with E-state index in [1.54, 1.807) is 17.8 Å². The lowest BCUT2D eigenvalue weighted by Gasteiger charge is -1.93. The predicted molar refractivity (Wildman–Crippen MR) is 62.5 cm³/mol. The molecule has 0 saturated heterocycles. The average molecular weight is 242 g/mol. The van der Waals surface area contributed by atoms with Gasteiger partial charge < -0.3 is 4.55 Å². The van der Waals surface area contributed by atoms with Crippen LogP contribution in [-0.2, 0) is 16.9 Å². The van der Waals surface area contributed by atoms with Gasteiger partial charge in [0.15, 0.2) is 0 Å². The summed E-state index contributed by atoms with van der Waals surface area (Å²) in [5, 5.41) is 5.75. The fourth-order valence-corrected chi connectivity index (χ4v) is 2.15. The summed E-state index contributed by atoms with van der Waals surface area (Å²) in [6.45, 7) is 0. The standard InChI is InChI=1S/C10H11FN2O2S/c1-13-10-4-3-7(11)5-8(10)9(12-13)6-16(2,14)15/h3-6H,1-2H3,(H,14,15). The van der Waals surface area contributed by atoms with Crippen LogP contribution in [-0.4, -0.2) is 30.2 Å². The summed E-state index contributed by atoms with van der Waals surface area (Å²) in [5.74, 6) is -0.393. The molecule has 16 heavy (non-hydrogen) atoms. The molecule has 1 aromatic carbocycles. The lowest BCUT2D eigenvalue weighted by molar-refractivity contribution is 0.566. The number of fused-ring (bicyclic) bond motifs is 1. The minimum Gasteiger partial charge on any atom is -0.313 e. The van der Waals surface area contributed by atoms with Gasteiger partial charge in [-0.25, -0.2) is 8.60 Å². The van der Waals surface area contributed by atoms with Gasteiger partial charge in [-0.1, -0.05) is 0 Å². The smallest absolute Gasteiger partial charge is 0.124 e. The summed E-state index contributed by atoms with van der Waals surface area (Å²) in [5.41, 5.74) is 1.04. The first kappa shape index (κ1) is 11.1. The van der Waals surface area contributed by atoms with Crippen LogP contribution in [0.3, 0.4) is 0 Å². The molecule has 0 spiro atoms. The summed E-state index contributed by atoms with van der Waals surface area (Å²) in [7, 11) is -1.34. The Morgan fingerprint density at radius 1 is 1.56 bits per heavy atom. The topological polar surface area (TPSA) is 55.1 Å². The Hall–Kier alpha value is -1.40. The van der Waals surface area contributed by atoms with Crippen LogP contribution in [0.1, 0.15) is 5.69 Å². The SMILES string of the molecule is Cn1nc(C=S(C)(=O)O)c2cc(F)ccc21. The molecule has 0 aliphatic heterocycles. The van der Waals surface area contributed by atoms with E-state index in [1.165, 1.54) is 18.4 Å². The minimum absolute atomic E-state index is 0.326. The van der Waals surface area contributed by atoms with E-state index in [9.17, 15) is 13.2 Å². The molecule has 0 bridgehead atoms. The van der Waals surface area contributed by atoms with E-state index in [-0.39, 0.29) is 0 Å². The molecule has 2 aromatic rings. The Balaban J connectivity index is 2.81. The second-order valence-corrected chi connectivity index (χ2v) is 5.61. The van der Waals surface area contributed by atoms with Crippen LogP contribution in [0.25, 0.3) is 10.9 Å². The van der Waals surface area contributed by atoms with E-state index < -0.39 is 15.6 Å². The molecule has 0 aliphatic rings. The minimum atomic E-state index is -3.04. The first-order valence-electron chi connectivity index (χ1n) is 4.55. The van der Waals surface area contributed by atoms with Gasteiger partial charge in [0.25, 0.3) is 0 Å². The van der Waals surface area contributed by atoms with Crippen molar-refractivity contribution in [3.63, 3.8) is 0 Å². The summed E-state index contributed by atoms with van der Waals surface area (Å²) >= 11 is 0. The van der Waals surface area contributed by atoms with Crippen LogP contribution >= 0.6 is 0 Å². The third kappa shape index (κ3) is 2.07. The van der Waals surface area contributed by atoms with Crippen LogP contribution in [0.15, 0.2) is 18.2 Å². The number of nitrogens with zero attached hydrogens (tertiary/aromatic N) is 2. The number of hydrogen-bond acceptors (Lipinski definition) is 2. The number of aryl methyl sites for hydroxylation is 1. The van der Waals surface area contributed by atoms with Crippen molar-refractivity contribution in [2.75, 3.05) is 6.26 Å². The highest BCUT2D eigenvalue weighted by molar-refractivity contribution is 7.95. The van der Waals surface area contributed by atoms with Crippen molar-refractivity contribution in [2.24, 2.45) is 7.05 Å². The molecule has 1 aromatic heterocycles. The zero-order valence-corrected chi connectivity index (χ0v) is 9.66. The molecule has 0 saturated carbocycles. The number of benzene rings is 1. The van der Waals surface area contributed by atoms with Gasteiger partial charge in [-0.3, -0.25) is 4.68 Å². The summed E-state index contributed by atoms with van der Waals surface area (Å²) in [6, 6.07) is 4.22. The van der Waals surface area contributed by atoms with Crippen molar-refractivity contribution < 1.29 is 13.2 Å². The summed E-state index contributed by atoms with van der Waals surface area (Å²) < 4.78 is 35.1. The Labute approximate surface area is 92.5 Å². The first-order chi connectivity index (χ1) is 7.37. The fourth-order valence-electron chi connectivity index (χ4n) is 1.56. The van der Waals surface area contributed by atoms with Crippen LogP contribution in [0.5, 0.6) is 0 Å². The Morgan fingerprint density at radius 2 is 2.25 bits per heavy atom. The molecular formula is C10H11FN2O2S. The second kappa shape index (κ2) is 3.57. The highest BCUT2D eigenvalue weighted by atomic mass is 32.2. The maximum atomic E-state index is 13.1. The van der Waals surface area contributed by atoms with Crippen molar-refractivity contribution in [1.82, 2.24) is 9.78 Å². The lowest BCUT2D eigenvalue weighted by Crippen LogP contribution is -2.00.